The summed E-state index contributed by atoms with van der Waals surface area (Å²) >= 11 is 18.6. The average Bonchev–Trinajstić information content (AvgIpc) is 3.08. The van der Waals surface area contributed by atoms with Crippen molar-refractivity contribution in [2.45, 2.75) is 0 Å². The Morgan fingerprint density at radius 2 is 1.76 bits per heavy atom. The molecule has 0 unspecified atom stereocenters. The van der Waals surface area contributed by atoms with E-state index in [9.17, 15) is 9.59 Å². The number of rotatable bonds is 6. The molecule has 1 N–H and O–H groups in total. The van der Waals surface area contributed by atoms with E-state index in [-0.39, 0.29) is 18.4 Å². The summed E-state index contributed by atoms with van der Waals surface area (Å²) in [5.74, 6) is 0.0521. The van der Waals surface area contributed by atoms with Crippen LogP contribution in [0.4, 0.5) is 11.4 Å². The predicted molar refractivity (Wildman–Crippen MR) is 139 cm³/mol. The number of carbonyl (C=O) groups is 2. The van der Waals surface area contributed by atoms with Gasteiger partial charge in [-0.1, -0.05) is 77.5 Å². The smallest absolute Gasteiger partial charge is 0.270 e. The summed E-state index contributed by atoms with van der Waals surface area (Å²) in [5, 5.41) is 3.51. The van der Waals surface area contributed by atoms with Gasteiger partial charge >= 0.3 is 0 Å². The molecular formula is C24H16Cl2N2O3S2. The van der Waals surface area contributed by atoms with Crippen LogP contribution in [0.3, 0.4) is 0 Å². The normalized spacial score (nSPS) is 14.6. The van der Waals surface area contributed by atoms with Crippen LogP contribution in [-0.4, -0.2) is 22.7 Å². The van der Waals surface area contributed by atoms with Crippen LogP contribution in [0.1, 0.15) is 5.56 Å². The van der Waals surface area contributed by atoms with Crippen molar-refractivity contribution in [3.63, 3.8) is 0 Å². The number of thiocarbonyl (C=S) groups is 1. The minimum atomic E-state index is -0.253. The van der Waals surface area contributed by atoms with E-state index in [1.54, 1.807) is 60.7 Å². The first-order valence-corrected chi connectivity index (χ1v) is 11.7. The molecule has 1 aliphatic heterocycles. The molecule has 2 amide bonds. The van der Waals surface area contributed by atoms with Crippen molar-refractivity contribution in [3.8, 4) is 5.75 Å². The van der Waals surface area contributed by atoms with Crippen LogP contribution in [-0.2, 0) is 9.59 Å². The number of halogens is 2. The molecule has 1 saturated heterocycles. The highest BCUT2D eigenvalue weighted by molar-refractivity contribution is 8.27. The predicted octanol–water partition coefficient (Wildman–Crippen LogP) is 6.42. The summed E-state index contributed by atoms with van der Waals surface area (Å²) in [6.07, 6.45) is 1.75. The molecule has 0 spiro atoms. The van der Waals surface area contributed by atoms with Gasteiger partial charge in [0.1, 0.15) is 5.75 Å². The third-order valence-electron chi connectivity index (χ3n) is 4.56. The number of benzene rings is 3. The van der Waals surface area contributed by atoms with E-state index in [0.29, 0.717) is 36.4 Å². The van der Waals surface area contributed by atoms with Gasteiger partial charge in [0.05, 0.1) is 20.6 Å². The second-order valence-electron chi connectivity index (χ2n) is 6.89. The lowest BCUT2D eigenvalue weighted by Gasteiger charge is -2.15. The molecular weight excluding hydrogens is 499 g/mol. The van der Waals surface area contributed by atoms with E-state index in [4.69, 9.17) is 40.2 Å². The fourth-order valence-electron chi connectivity index (χ4n) is 2.99. The topological polar surface area (TPSA) is 58.6 Å². The molecule has 3 aromatic rings. The number of para-hydroxylation sites is 1. The van der Waals surface area contributed by atoms with Crippen LogP contribution >= 0.6 is 47.2 Å². The molecule has 0 bridgehead atoms. The van der Waals surface area contributed by atoms with Gasteiger partial charge in [-0.05, 0) is 54.1 Å². The molecule has 1 heterocycles. The van der Waals surface area contributed by atoms with E-state index in [1.165, 1.54) is 16.7 Å². The van der Waals surface area contributed by atoms with Crippen molar-refractivity contribution < 1.29 is 14.3 Å². The van der Waals surface area contributed by atoms with E-state index in [1.807, 2.05) is 18.2 Å². The van der Waals surface area contributed by atoms with Crippen molar-refractivity contribution in [1.82, 2.24) is 0 Å². The Morgan fingerprint density at radius 3 is 2.45 bits per heavy atom. The number of nitrogens with zero attached hydrogens (tertiary/aromatic N) is 1. The SMILES string of the molecule is O=C(COc1ccc(/C=C2\SC(=S)N(c3ccc(Cl)c(Cl)c3)C2=O)cc1)Nc1ccccc1. The second kappa shape index (κ2) is 10.4. The summed E-state index contributed by atoms with van der Waals surface area (Å²) < 4.78 is 5.95. The summed E-state index contributed by atoms with van der Waals surface area (Å²) in [7, 11) is 0. The highest BCUT2D eigenvalue weighted by atomic mass is 35.5. The fraction of sp³-hybridized carbons (Fsp3) is 0.0417. The number of ether oxygens (including phenoxy) is 1. The zero-order chi connectivity index (χ0) is 23.4. The Kier molecular flexibility index (Phi) is 7.35. The molecule has 0 saturated carbocycles. The lowest BCUT2D eigenvalue weighted by Crippen LogP contribution is -2.27. The van der Waals surface area contributed by atoms with Crippen LogP contribution in [0.5, 0.6) is 5.75 Å². The first-order valence-electron chi connectivity index (χ1n) is 9.71. The van der Waals surface area contributed by atoms with Gasteiger partial charge in [0.15, 0.2) is 10.9 Å². The third-order valence-corrected chi connectivity index (χ3v) is 6.60. The summed E-state index contributed by atoms with van der Waals surface area (Å²) in [5.41, 5.74) is 2.07. The molecule has 5 nitrogen and oxygen atoms in total. The molecule has 0 atom stereocenters. The number of thioether (sulfide) groups is 1. The zero-order valence-corrected chi connectivity index (χ0v) is 20.1. The van der Waals surface area contributed by atoms with Gasteiger partial charge in [-0.3, -0.25) is 14.5 Å². The molecule has 0 aromatic heterocycles. The number of hydrogen-bond acceptors (Lipinski definition) is 5. The van der Waals surface area contributed by atoms with Crippen molar-refractivity contribution in [1.29, 1.82) is 0 Å². The van der Waals surface area contributed by atoms with Gasteiger partial charge in [-0.25, -0.2) is 0 Å². The first-order chi connectivity index (χ1) is 15.9. The molecule has 3 aromatic carbocycles. The Hall–Kier alpha value is -2.84. The second-order valence-corrected chi connectivity index (χ2v) is 9.38. The Bertz CT molecular complexity index is 1250. The van der Waals surface area contributed by atoms with Crippen molar-refractivity contribution in [3.05, 3.63) is 93.3 Å². The molecule has 0 aliphatic carbocycles. The number of anilines is 2. The van der Waals surface area contributed by atoms with Crippen LogP contribution in [0.15, 0.2) is 77.7 Å². The van der Waals surface area contributed by atoms with Crippen LogP contribution in [0.2, 0.25) is 10.0 Å². The van der Waals surface area contributed by atoms with Gasteiger partial charge in [0.2, 0.25) is 0 Å². The number of carbonyl (C=O) groups excluding carboxylic acids is 2. The molecule has 1 aliphatic rings. The first kappa shape index (κ1) is 23.3. The maximum absolute atomic E-state index is 12.9. The highest BCUT2D eigenvalue weighted by Gasteiger charge is 2.33. The average molecular weight is 515 g/mol. The minimum absolute atomic E-state index is 0.115. The quantitative estimate of drug-likeness (QED) is 0.304. The maximum Gasteiger partial charge on any atom is 0.270 e. The molecule has 4 rings (SSSR count). The summed E-state index contributed by atoms with van der Waals surface area (Å²) in [6, 6.07) is 21.2. The lowest BCUT2D eigenvalue weighted by atomic mass is 10.2. The Morgan fingerprint density at radius 1 is 1.03 bits per heavy atom. The van der Waals surface area contributed by atoms with Crippen LogP contribution in [0.25, 0.3) is 6.08 Å². The third kappa shape index (κ3) is 5.75. The largest absolute Gasteiger partial charge is 0.484 e. The Balaban J connectivity index is 1.39. The molecule has 1 fully saturated rings. The standard InChI is InChI=1S/C24H16Cl2N2O3S2/c25-19-11-8-17(13-20(19)26)28-23(30)21(33-24(28)32)12-15-6-9-18(10-7-15)31-14-22(29)27-16-4-2-1-3-5-16/h1-13H,14H2,(H,27,29)/b21-12-. The highest BCUT2D eigenvalue weighted by Crippen LogP contribution is 2.38. The van der Waals surface area contributed by atoms with Gasteiger partial charge in [0, 0.05) is 5.69 Å². The summed E-state index contributed by atoms with van der Waals surface area (Å²) in [4.78, 5) is 26.8. The lowest BCUT2D eigenvalue weighted by molar-refractivity contribution is -0.118. The van der Waals surface area contributed by atoms with Gasteiger partial charge in [0.25, 0.3) is 11.8 Å². The van der Waals surface area contributed by atoms with E-state index < -0.39 is 0 Å². The van der Waals surface area contributed by atoms with Gasteiger partial charge in [-0.2, -0.15) is 0 Å². The van der Waals surface area contributed by atoms with E-state index >= 15 is 0 Å². The zero-order valence-electron chi connectivity index (χ0n) is 17.0. The number of amides is 2. The van der Waals surface area contributed by atoms with Crippen molar-refractivity contribution >= 4 is 80.8 Å². The molecule has 9 heteroatoms. The molecule has 0 radical (unpaired) electrons. The van der Waals surface area contributed by atoms with Crippen molar-refractivity contribution in [2.24, 2.45) is 0 Å². The van der Waals surface area contributed by atoms with Crippen LogP contribution in [0, 0.1) is 0 Å². The van der Waals surface area contributed by atoms with Crippen LogP contribution < -0.4 is 15.0 Å². The van der Waals surface area contributed by atoms with Crippen molar-refractivity contribution in [2.75, 3.05) is 16.8 Å². The monoisotopic (exact) mass is 514 g/mol. The molecule has 166 valence electrons. The number of nitrogens with one attached hydrogen (secondary N) is 1. The maximum atomic E-state index is 12.9. The van der Waals surface area contributed by atoms with E-state index in [2.05, 4.69) is 5.32 Å². The van der Waals surface area contributed by atoms with Gasteiger partial charge < -0.3 is 10.1 Å². The van der Waals surface area contributed by atoms with Gasteiger partial charge in [-0.15, -0.1) is 0 Å². The minimum Gasteiger partial charge on any atom is -0.484 e. The fourth-order valence-corrected chi connectivity index (χ4v) is 4.58. The number of hydrogen-bond donors (Lipinski definition) is 1. The van der Waals surface area contributed by atoms with E-state index in [0.717, 1.165) is 5.56 Å². The Labute approximate surface area is 210 Å². The summed E-state index contributed by atoms with van der Waals surface area (Å²) in [6.45, 7) is -0.115. The molecule has 33 heavy (non-hydrogen) atoms.